The molecule has 2 aromatic rings. The van der Waals surface area contributed by atoms with Crippen molar-refractivity contribution in [1.82, 2.24) is 15.2 Å². The molecule has 2 N–H and O–H groups in total. The van der Waals surface area contributed by atoms with Crippen molar-refractivity contribution < 1.29 is 9.53 Å². The second-order valence-corrected chi connectivity index (χ2v) is 6.70. The number of ether oxygens (including phenoxy) is 1. The van der Waals surface area contributed by atoms with Crippen molar-refractivity contribution in [3.8, 4) is 0 Å². The van der Waals surface area contributed by atoms with Crippen LogP contribution in [0.2, 0.25) is 5.02 Å². The Hall–Kier alpha value is -1.56. The number of hydrogen-bond donors (Lipinski definition) is 2. The minimum atomic E-state index is 0.134. The van der Waals surface area contributed by atoms with Gasteiger partial charge in [0.05, 0.1) is 13.2 Å². The molecule has 1 unspecified atom stereocenters. The number of carbonyl (C=O) groups is 1. The highest BCUT2D eigenvalue weighted by molar-refractivity contribution is 6.31. The summed E-state index contributed by atoms with van der Waals surface area (Å²) in [6, 6.07) is 6.01. The van der Waals surface area contributed by atoms with E-state index in [-0.39, 0.29) is 11.9 Å². The van der Waals surface area contributed by atoms with E-state index in [1.807, 2.05) is 23.1 Å². The van der Waals surface area contributed by atoms with Gasteiger partial charge < -0.3 is 19.9 Å². The molecule has 0 spiro atoms. The number of amides is 1. The Balaban J connectivity index is 1.52. The van der Waals surface area contributed by atoms with Crippen molar-refractivity contribution in [2.24, 2.45) is 0 Å². The molecular weight excluding hydrogens is 314 g/mol. The van der Waals surface area contributed by atoms with Gasteiger partial charge in [0.1, 0.15) is 0 Å². The fraction of sp³-hybridized carbons (Fsp3) is 0.471. The third kappa shape index (κ3) is 2.96. The average Bonchev–Trinajstić information content (AvgIpc) is 2.93. The first kappa shape index (κ1) is 15.0. The zero-order valence-corrected chi connectivity index (χ0v) is 13.7. The Morgan fingerprint density at radius 3 is 3.17 bits per heavy atom. The molecule has 0 aliphatic carbocycles. The molecule has 1 atom stereocenters. The summed E-state index contributed by atoms with van der Waals surface area (Å²) in [4.78, 5) is 18.0. The highest BCUT2D eigenvalue weighted by Gasteiger charge is 2.26. The minimum absolute atomic E-state index is 0.134. The Labute approximate surface area is 139 Å². The van der Waals surface area contributed by atoms with Crippen LogP contribution in [0.4, 0.5) is 0 Å². The number of aromatic amines is 1. The summed E-state index contributed by atoms with van der Waals surface area (Å²) in [6.07, 6.45) is 1.36. The Bertz CT molecular complexity index is 737. The topological polar surface area (TPSA) is 57.4 Å². The second-order valence-electron chi connectivity index (χ2n) is 6.27. The van der Waals surface area contributed by atoms with Crippen molar-refractivity contribution >= 4 is 28.4 Å². The minimum Gasteiger partial charge on any atom is -0.378 e. The maximum Gasteiger partial charge on any atom is 0.224 e. The van der Waals surface area contributed by atoms with Gasteiger partial charge in [0.15, 0.2) is 0 Å². The molecule has 2 aliphatic heterocycles. The SMILES string of the molecule is O=C(CC1COCCN1)N1CCc2[nH]c3ccc(Cl)cc3c2C1. The molecule has 0 saturated carbocycles. The van der Waals surface area contributed by atoms with Crippen LogP contribution in [0.15, 0.2) is 18.2 Å². The number of halogens is 1. The van der Waals surface area contributed by atoms with Gasteiger partial charge in [0.2, 0.25) is 5.91 Å². The molecule has 3 heterocycles. The van der Waals surface area contributed by atoms with Gasteiger partial charge in [-0.2, -0.15) is 0 Å². The number of rotatable bonds is 2. The lowest BCUT2D eigenvalue weighted by Crippen LogP contribution is -2.46. The van der Waals surface area contributed by atoms with E-state index in [1.165, 1.54) is 11.3 Å². The lowest BCUT2D eigenvalue weighted by Gasteiger charge is -2.30. The molecule has 1 aromatic heterocycles. The van der Waals surface area contributed by atoms with E-state index >= 15 is 0 Å². The lowest BCUT2D eigenvalue weighted by molar-refractivity contribution is -0.133. The number of H-pyrrole nitrogens is 1. The maximum absolute atomic E-state index is 12.6. The molecule has 23 heavy (non-hydrogen) atoms. The summed E-state index contributed by atoms with van der Waals surface area (Å²) in [5.41, 5.74) is 3.52. The van der Waals surface area contributed by atoms with E-state index < -0.39 is 0 Å². The Kier molecular flexibility index (Phi) is 4.01. The number of nitrogens with one attached hydrogen (secondary N) is 2. The normalized spacial score (nSPS) is 21.4. The van der Waals surface area contributed by atoms with Gasteiger partial charge in [0, 0.05) is 65.7 Å². The average molecular weight is 334 g/mol. The van der Waals surface area contributed by atoms with E-state index in [4.69, 9.17) is 16.3 Å². The standard InChI is InChI=1S/C17H20ClN3O2/c18-11-1-2-15-13(7-11)14-9-21(5-3-16(14)20-15)17(22)8-12-10-23-6-4-19-12/h1-2,7,12,19-20H,3-6,8-10H2. The summed E-state index contributed by atoms with van der Waals surface area (Å²) >= 11 is 6.13. The molecule has 1 fully saturated rings. The summed E-state index contributed by atoms with van der Waals surface area (Å²) in [6.45, 7) is 3.59. The van der Waals surface area contributed by atoms with E-state index in [2.05, 4.69) is 10.3 Å². The first-order valence-electron chi connectivity index (χ1n) is 8.08. The predicted octanol–water partition coefficient (Wildman–Crippen LogP) is 2.08. The predicted molar refractivity (Wildman–Crippen MR) is 89.7 cm³/mol. The summed E-state index contributed by atoms with van der Waals surface area (Å²) in [5, 5.41) is 5.20. The molecule has 5 nitrogen and oxygen atoms in total. The number of aromatic nitrogens is 1. The van der Waals surface area contributed by atoms with Crippen LogP contribution in [0.25, 0.3) is 10.9 Å². The molecule has 0 radical (unpaired) electrons. The number of benzene rings is 1. The molecule has 6 heteroatoms. The fourth-order valence-electron chi connectivity index (χ4n) is 3.49. The van der Waals surface area contributed by atoms with Gasteiger partial charge in [0.25, 0.3) is 0 Å². The Morgan fingerprint density at radius 2 is 2.35 bits per heavy atom. The third-order valence-electron chi connectivity index (χ3n) is 4.71. The van der Waals surface area contributed by atoms with Crippen LogP contribution >= 0.6 is 11.6 Å². The molecular formula is C17H20ClN3O2. The van der Waals surface area contributed by atoms with Crippen LogP contribution in [-0.4, -0.2) is 48.1 Å². The van der Waals surface area contributed by atoms with Crippen LogP contribution in [0.1, 0.15) is 17.7 Å². The van der Waals surface area contributed by atoms with E-state index in [0.29, 0.717) is 19.6 Å². The van der Waals surface area contributed by atoms with Crippen LogP contribution in [0, 0.1) is 0 Å². The monoisotopic (exact) mass is 333 g/mol. The van der Waals surface area contributed by atoms with Crippen molar-refractivity contribution in [3.63, 3.8) is 0 Å². The van der Waals surface area contributed by atoms with E-state index in [1.54, 1.807) is 0 Å². The highest BCUT2D eigenvalue weighted by atomic mass is 35.5. The van der Waals surface area contributed by atoms with Crippen molar-refractivity contribution in [2.75, 3.05) is 26.3 Å². The second kappa shape index (κ2) is 6.15. The molecule has 1 aromatic carbocycles. The molecule has 122 valence electrons. The molecule has 0 bridgehead atoms. The maximum atomic E-state index is 12.6. The van der Waals surface area contributed by atoms with Gasteiger partial charge in [-0.15, -0.1) is 0 Å². The van der Waals surface area contributed by atoms with Crippen LogP contribution in [-0.2, 0) is 22.5 Å². The number of hydrogen-bond acceptors (Lipinski definition) is 3. The van der Waals surface area contributed by atoms with Gasteiger partial charge in [-0.05, 0) is 18.2 Å². The summed E-state index contributed by atoms with van der Waals surface area (Å²) < 4.78 is 5.43. The van der Waals surface area contributed by atoms with Crippen molar-refractivity contribution in [1.29, 1.82) is 0 Å². The van der Waals surface area contributed by atoms with Crippen LogP contribution in [0.5, 0.6) is 0 Å². The van der Waals surface area contributed by atoms with Crippen LogP contribution < -0.4 is 5.32 Å². The first-order valence-corrected chi connectivity index (χ1v) is 8.46. The molecule has 4 rings (SSSR count). The van der Waals surface area contributed by atoms with E-state index in [0.717, 1.165) is 42.0 Å². The smallest absolute Gasteiger partial charge is 0.224 e. The van der Waals surface area contributed by atoms with Gasteiger partial charge >= 0.3 is 0 Å². The molecule has 2 aliphatic rings. The number of nitrogens with zero attached hydrogens (tertiary/aromatic N) is 1. The number of carbonyl (C=O) groups excluding carboxylic acids is 1. The summed E-state index contributed by atoms with van der Waals surface area (Å²) in [5.74, 6) is 0.190. The highest BCUT2D eigenvalue weighted by Crippen LogP contribution is 2.30. The van der Waals surface area contributed by atoms with Crippen molar-refractivity contribution in [3.05, 3.63) is 34.5 Å². The largest absolute Gasteiger partial charge is 0.378 e. The van der Waals surface area contributed by atoms with Crippen molar-refractivity contribution in [2.45, 2.75) is 25.4 Å². The van der Waals surface area contributed by atoms with Gasteiger partial charge in [-0.25, -0.2) is 0 Å². The Morgan fingerprint density at radius 1 is 1.43 bits per heavy atom. The number of morpholine rings is 1. The zero-order valence-electron chi connectivity index (χ0n) is 12.9. The van der Waals surface area contributed by atoms with E-state index in [9.17, 15) is 4.79 Å². The quantitative estimate of drug-likeness (QED) is 0.884. The third-order valence-corrected chi connectivity index (χ3v) is 4.94. The first-order chi connectivity index (χ1) is 11.2. The zero-order chi connectivity index (χ0) is 15.8. The number of fused-ring (bicyclic) bond motifs is 3. The lowest BCUT2D eigenvalue weighted by atomic mass is 10.0. The molecule has 1 saturated heterocycles. The summed E-state index contributed by atoms with van der Waals surface area (Å²) in [7, 11) is 0. The van der Waals surface area contributed by atoms with Gasteiger partial charge in [-0.3, -0.25) is 4.79 Å². The molecule has 1 amide bonds. The fourth-order valence-corrected chi connectivity index (χ4v) is 3.66. The van der Waals surface area contributed by atoms with Gasteiger partial charge in [-0.1, -0.05) is 11.6 Å². The van der Waals surface area contributed by atoms with Crippen LogP contribution in [0.3, 0.4) is 0 Å².